The number of nitrogens with zero attached hydrogens (tertiary/aromatic N) is 5. The Morgan fingerprint density at radius 2 is 1.49 bits per heavy atom. The Kier molecular flexibility index (Phi) is 7.76. The molecule has 0 N–H and O–H groups in total. The van der Waals surface area contributed by atoms with Gasteiger partial charge in [0.15, 0.2) is 28.2 Å². The van der Waals surface area contributed by atoms with Crippen molar-refractivity contribution in [3.8, 4) is 34.5 Å². The van der Waals surface area contributed by atoms with Gasteiger partial charge in [-0.15, -0.1) is 20.4 Å². The third-order valence-electron chi connectivity index (χ3n) is 5.34. The lowest BCUT2D eigenvalue weighted by Gasteiger charge is -2.10. The van der Waals surface area contributed by atoms with Crippen molar-refractivity contribution in [3.05, 3.63) is 53.7 Å². The third kappa shape index (κ3) is 5.35. The molecule has 0 atom stereocenters. The largest absolute Gasteiger partial charge is 0.493 e. The molecule has 0 bridgehead atoms. The quantitative estimate of drug-likeness (QED) is 0.279. The van der Waals surface area contributed by atoms with Gasteiger partial charge in [-0.1, -0.05) is 17.8 Å². The van der Waals surface area contributed by atoms with E-state index in [0.717, 1.165) is 28.7 Å². The van der Waals surface area contributed by atoms with Gasteiger partial charge in [-0.25, -0.2) is 0 Å². The topological polar surface area (TPSA) is 107 Å². The molecule has 10 nitrogen and oxygen atoms in total. The van der Waals surface area contributed by atoms with Crippen molar-refractivity contribution < 1.29 is 23.4 Å². The van der Waals surface area contributed by atoms with Crippen LogP contribution < -0.4 is 18.9 Å². The third-order valence-corrected chi connectivity index (χ3v) is 6.29. The minimum absolute atomic E-state index is 0.410. The van der Waals surface area contributed by atoms with Gasteiger partial charge < -0.3 is 27.9 Å². The number of thioether (sulfide) groups is 1. The van der Waals surface area contributed by atoms with Crippen LogP contribution in [0.4, 0.5) is 0 Å². The highest BCUT2D eigenvalue weighted by Gasteiger charge is 2.16. The lowest BCUT2D eigenvalue weighted by Crippen LogP contribution is -2.04. The molecule has 0 saturated carbocycles. The van der Waals surface area contributed by atoms with Gasteiger partial charge in [0.1, 0.15) is 5.82 Å². The van der Waals surface area contributed by atoms with E-state index in [1.807, 2.05) is 24.3 Å². The maximum atomic E-state index is 5.87. The first-order chi connectivity index (χ1) is 17.1. The smallest absolute Gasteiger partial charge is 0.247 e. The van der Waals surface area contributed by atoms with E-state index in [2.05, 4.69) is 31.9 Å². The van der Waals surface area contributed by atoms with Crippen molar-refractivity contribution in [3.63, 3.8) is 0 Å². The fourth-order valence-electron chi connectivity index (χ4n) is 3.57. The van der Waals surface area contributed by atoms with Gasteiger partial charge in [0.2, 0.25) is 11.8 Å². The second kappa shape index (κ2) is 11.1. The zero-order valence-corrected chi connectivity index (χ0v) is 21.1. The van der Waals surface area contributed by atoms with Crippen LogP contribution in [-0.2, 0) is 18.7 Å². The van der Waals surface area contributed by atoms with Gasteiger partial charge in [0, 0.05) is 18.5 Å². The molecule has 0 aliphatic rings. The van der Waals surface area contributed by atoms with E-state index in [0.29, 0.717) is 47.0 Å². The molecule has 0 aliphatic heterocycles. The molecule has 0 aliphatic carbocycles. The number of aromatic nitrogens is 5. The zero-order valence-electron chi connectivity index (χ0n) is 20.3. The van der Waals surface area contributed by atoms with Crippen molar-refractivity contribution in [2.45, 2.75) is 30.8 Å². The van der Waals surface area contributed by atoms with Gasteiger partial charge in [-0.2, -0.15) is 0 Å². The van der Waals surface area contributed by atoms with Crippen LogP contribution in [0, 0.1) is 0 Å². The first kappa shape index (κ1) is 24.4. The van der Waals surface area contributed by atoms with E-state index in [1.165, 1.54) is 11.8 Å². The number of hydrogen-bond acceptors (Lipinski definition) is 10. The normalized spacial score (nSPS) is 10.9. The molecular weight excluding hydrogens is 470 g/mol. The van der Waals surface area contributed by atoms with Gasteiger partial charge in [0.05, 0.1) is 34.2 Å². The summed E-state index contributed by atoms with van der Waals surface area (Å²) in [5.41, 5.74) is 1.80. The Morgan fingerprint density at radius 3 is 2.17 bits per heavy atom. The van der Waals surface area contributed by atoms with Gasteiger partial charge in [-0.05, 0) is 42.8 Å². The van der Waals surface area contributed by atoms with Crippen molar-refractivity contribution in [1.29, 1.82) is 0 Å². The molecule has 4 aromatic rings. The molecule has 0 amide bonds. The summed E-state index contributed by atoms with van der Waals surface area (Å²) in [6.45, 7) is 2.80. The molecule has 0 unspecified atom stereocenters. The van der Waals surface area contributed by atoms with Gasteiger partial charge in [0.25, 0.3) is 0 Å². The summed E-state index contributed by atoms with van der Waals surface area (Å²) in [6, 6.07) is 11.3. The number of benzene rings is 2. The average Bonchev–Trinajstić information content (AvgIpc) is 3.53. The summed E-state index contributed by atoms with van der Waals surface area (Å²) in [7, 11) is 6.42. The summed E-state index contributed by atoms with van der Waals surface area (Å²) in [6.07, 6.45) is 0.617. The van der Waals surface area contributed by atoms with Crippen LogP contribution in [0.2, 0.25) is 0 Å². The second-order valence-electron chi connectivity index (χ2n) is 7.37. The molecule has 2 aromatic carbocycles. The number of hydrogen-bond donors (Lipinski definition) is 0. The van der Waals surface area contributed by atoms with Crippen LogP contribution in [0.3, 0.4) is 0 Å². The summed E-state index contributed by atoms with van der Waals surface area (Å²) >= 11 is 1.50. The van der Waals surface area contributed by atoms with Crippen molar-refractivity contribution in [2.75, 3.05) is 28.4 Å². The lowest BCUT2D eigenvalue weighted by atomic mass is 10.1. The van der Waals surface area contributed by atoms with E-state index in [4.69, 9.17) is 23.4 Å². The van der Waals surface area contributed by atoms with E-state index < -0.39 is 0 Å². The Hall–Kier alpha value is -3.73. The standard InChI is InChI=1S/C24H27N5O5S/c1-6-29-21(12-15-7-9-17(30-2)19(11-15)32-4)25-28-24(29)35-14-22-26-27-23(34-22)16-8-10-18(31-3)20(13-16)33-5/h7-11,13H,6,12,14H2,1-5H3. The molecule has 11 heteroatoms. The van der Waals surface area contributed by atoms with Gasteiger partial charge >= 0.3 is 0 Å². The average molecular weight is 498 g/mol. The first-order valence-electron chi connectivity index (χ1n) is 10.9. The highest BCUT2D eigenvalue weighted by molar-refractivity contribution is 7.98. The van der Waals surface area contributed by atoms with Crippen LogP contribution in [0.25, 0.3) is 11.5 Å². The van der Waals surface area contributed by atoms with Crippen LogP contribution in [-0.4, -0.2) is 53.4 Å². The molecule has 4 rings (SSSR count). The van der Waals surface area contributed by atoms with Crippen LogP contribution >= 0.6 is 11.8 Å². The number of methoxy groups -OCH3 is 4. The predicted molar refractivity (Wildman–Crippen MR) is 130 cm³/mol. The Bertz CT molecular complexity index is 1290. The van der Waals surface area contributed by atoms with Crippen LogP contribution in [0.1, 0.15) is 24.2 Å². The lowest BCUT2D eigenvalue weighted by molar-refractivity contribution is 0.354. The molecule has 0 fully saturated rings. The summed E-state index contributed by atoms with van der Waals surface area (Å²) in [5.74, 6) is 4.83. The van der Waals surface area contributed by atoms with E-state index in [1.54, 1.807) is 40.6 Å². The zero-order chi connectivity index (χ0) is 24.8. The van der Waals surface area contributed by atoms with E-state index >= 15 is 0 Å². The van der Waals surface area contributed by atoms with E-state index in [9.17, 15) is 0 Å². The highest BCUT2D eigenvalue weighted by atomic mass is 32.2. The Labute approximate surface area is 207 Å². The molecular formula is C24H27N5O5S. The van der Waals surface area contributed by atoms with Crippen LogP contribution in [0.5, 0.6) is 23.0 Å². The highest BCUT2D eigenvalue weighted by Crippen LogP contribution is 2.33. The Balaban J connectivity index is 1.46. The Morgan fingerprint density at radius 1 is 0.800 bits per heavy atom. The number of rotatable bonds is 11. The fraction of sp³-hybridized carbons (Fsp3) is 0.333. The predicted octanol–water partition coefficient (Wildman–Crippen LogP) is 4.27. The minimum Gasteiger partial charge on any atom is -0.493 e. The minimum atomic E-state index is 0.410. The summed E-state index contributed by atoms with van der Waals surface area (Å²) < 4.78 is 29.3. The maximum absolute atomic E-state index is 5.87. The van der Waals surface area contributed by atoms with Crippen LogP contribution in [0.15, 0.2) is 46.0 Å². The first-order valence-corrected chi connectivity index (χ1v) is 11.9. The monoisotopic (exact) mass is 497 g/mol. The fourth-order valence-corrected chi connectivity index (χ4v) is 4.43. The summed E-state index contributed by atoms with van der Waals surface area (Å²) in [5, 5.41) is 17.9. The molecule has 2 heterocycles. The molecule has 184 valence electrons. The second-order valence-corrected chi connectivity index (χ2v) is 8.31. The summed E-state index contributed by atoms with van der Waals surface area (Å²) in [4.78, 5) is 0. The SMILES string of the molecule is CCn1c(Cc2ccc(OC)c(OC)c2)nnc1SCc1nnc(-c2ccc(OC)c(OC)c2)o1. The number of ether oxygens (including phenoxy) is 4. The maximum Gasteiger partial charge on any atom is 0.247 e. The van der Waals surface area contributed by atoms with Crippen molar-refractivity contribution in [2.24, 2.45) is 0 Å². The molecule has 0 saturated heterocycles. The van der Waals surface area contributed by atoms with Crippen molar-refractivity contribution >= 4 is 11.8 Å². The molecule has 2 aromatic heterocycles. The van der Waals surface area contributed by atoms with E-state index in [-0.39, 0.29) is 0 Å². The molecule has 0 spiro atoms. The van der Waals surface area contributed by atoms with Crippen molar-refractivity contribution in [1.82, 2.24) is 25.0 Å². The molecule has 35 heavy (non-hydrogen) atoms. The molecule has 0 radical (unpaired) electrons. The van der Waals surface area contributed by atoms with Gasteiger partial charge in [-0.3, -0.25) is 0 Å².